The number of carbonyl (C=O) groups excluding carboxylic acids is 1. The minimum absolute atomic E-state index is 0.273. The van der Waals surface area contributed by atoms with Crippen molar-refractivity contribution in [2.75, 3.05) is 7.11 Å². The lowest BCUT2D eigenvalue weighted by Gasteiger charge is -2.09. The molecule has 0 aromatic heterocycles. The average Bonchev–Trinajstić information content (AvgIpc) is 2.31. The van der Waals surface area contributed by atoms with Crippen LogP contribution in [0.2, 0.25) is 0 Å². The molecule has 0 saturated carbocycles. The Morgan fingerprint density at radius 2 is 2.06 bits per heavy atom. The second-order valence-corrected chi connectivity index (χ2v) is 3.36. The van der Waals surface area contributed by atoms with Crippen molar-refractivity contribution in [3.8, 4) is 0 Å². The van der Waals surface area contributed by atoms with Crippen LogP contribution < -0.4 is 0 Å². The van der Waals surface area contributed by atoms with Gasteiger partial charge in [-0.15, -0.1) is 0 Å². The lowest BCUT2D eigenvalue weighted by atomic mass is 10.2. The van der Waals surface area contributed by atoms with E-state index in [1.165, 1.54) is 0 Å². The van der Waals surface area contributed by atoms with E-state index in [2.05, 4.69) is 20.1 Å². The summed E-state index contributed by atoms with van der Waals surface area (Å²) < 4.78 is 5.04. The summed E-state index contributed by atoms with van der Waals surface area (Å²) >= 11 is 0. The highest BCUT2D eigenvalue weighted by Crippen LogP contribution is 2.02. The van der Waals surface area contributed by atoms with Crippen molar-refractivity contribution in [3.63, 3.8) is 0 Å². The molecule has 0 N–H and O–H groups in total. The quantitative estimate of drug-likeness (QED) is 0.487. The van der Waals surface area contributed by atoms with Gasteiger partial charge in [-0.1, -0.05) is 43.9 Å². The minimum atomic E-state index is 0.273. The summed E-state index contributed by atoms with van der Waals surface area (Å²) in [6.45, 7) is 11.1. The number of hydrogen-bond donors (Lipinski definition) is 0. The maximum atomic E-state index is 9.89. The van der Waals surface area contributed by atoms with Gasteiger partial charge in [0.1, 0.15) is 6.29 Å². The van der Waals surface area contributed by atoms with Gasteiger partial charge < -0.3 is 9.53 Å². The van der Waals surface area contributed by atoms with Gasteiger partial charge in [0.05, 0.1) is 6.10 Å². The maximum absolute atomic E-state index is 9.89. The Morgan fingerprint density at radius 1 is 1.44 bits per heavy atom. The third-order valence-electron chi connectivity index (χ3n) is 2.10. The zero-order chi connectivity index (χ0) is 12.8. The molecule has 0 aliphatic carbocycles. The highest BCUT2D eigenvalue weighted by molar-refractivity contribution is 5.49. The first-order valence-corrected chi connectivity index (χ1v) is 5.54. The van der Waals surface area contributed by atoms with Crippen molar-refractivity contribution in [2.45, 2.75) is 39.2 Å². The van der Waals surface area contributed by atoms with Gasteiger partial charge in [-0.3, -0.25) is 0 Å². The fourth-order valence-corrected chi connectivity index (χ4v) is 0.997. The Hall–Kier alpha value is -1.15. The zero-order valence-electron chi connectivity index (χ0n) is 10.7. The second kappa shape index (κ2) is 13.8. The summed E-state index contributed by atoms with van der Waals surface area (Å²) in [5.74, 6) is 0. The smallest absolute Gasteiger partial charge is 0.120 e. The monoisotopic (exact) mass is 224 g/mol. The number of carbonyl (C=O) groups is 1. The van der Waals surface area contributed by atoms with Gasteiger partial charge in [-0.25, -0.2) is 0 Å². The predicted octanol–water partition coefficient (Wildman–Crippen LogP) is 3.70. The van der Waals surface area contributed by atoms with E-state index in [0.717, 1.165) is 24.7 Å². The molecule has 0 radical (unpaired) electrons. The van der Waals surface area contributed by atoms with Crippen molar-refractivity contribution in [3.05, 3.63) is 37.0 Å². The van der Waals surface area contributed by atoms with Crippen molar-refractivity contribution in [1.29, 1.82) is 0 Å². The summed E-state index contributed by atoms with van der Waals surface area (Å²) in [7, 11) is 1.68. The largest absolute Gasteiger partial charge is 0.381 e. The van der Waals surface area contributed by atoms with Gasteiger partial charge in [0.25, 0.3) is 0 Å². The molecule has 16 heavy (non-hydrogen) atoms. The molecule has 0 bridgehead atoms. The maximum Gasteiger partial charge on any atom is 0.120 e. The molecular weight excluding hydrogens is 200 g/mol. The van der Waals surface area contributed by atoms with E-state index >= 15 is 0 Å². The molecular formula is C14H24O2. The van der Waals surface area contributed by atoms with Crippen LogP contribution in [0.3, 0.4) is 0 Å². The van der Waals surface area contributed by atoms with Crippen molar-refractivity contribution in [2.24, 2.45) is 0 Å². The van der Waals surface area contributed by atoms with Gasteiger partial charge in [0.2, 0.25) is 0 Å². The topological polar surface area (TPSA) is 26.3 Å². The van der Waals surface area contributed by atoms with Crippen LogP contribution in [-0.2, 0) is 9.53 Å². The zero-order valence-corrected chi connectivity index (χ0v) is 10.7. The van der Waals surface area contributed by atoms with Gasteiger partial charge in [-0.05, 0) is 19.8 Å². The summed E-state index contributed by atoms with van der Waals surface area (Å²) in [4.78, 5) is 9.89. The van der Waals surface area contributed by atoms with Crippen LogP contribution in [0, 0.1) is 0 Å². The Balaban J connectivity index is 0. The van der Waals surface area contributed by atoms with E-state index in [4.69, 9.17) is 4.74 Å². The van der Waals surface area contributed by atoms with Gasteiger partial charge >= 0.3 is 0 Å². The standard InChI is InChI=1S/C7H14O2.C7H10/c1-3-7(9-2)5-4-6-8;1-4-6-7(3)5-2/h6-7H,3-5H2,1-2H3;4-6H,1-2H2,3H3/b;7-6-. The van der Waals surface area contributed by atoms with E-state index < -0.39 is 0 Å². The number of ether oxygens (including phenoxy) is 1. The fourth-order valence-electron chi connectivity index (χ4n) is 0.997. The Kier molecular flexibility index (Phi) is 14.9. The first kappa shape index (κ1) is 17.3. The summed E-state index contributed by atoms with van der Waals surface area (Å²) in [5, 5.41) is 0. The van der Waals surface area contributed by atoms with Crippen LogP contribution >= 0.6 is 0 Å². The third kappa shape index (κ3) is 12.8. The highest BCUT2D eigenvalue weighted by Gasteiger charge is 2.01. The average molecular weight is 224 g/mol. The molecule has 0 aromatic carbocycles. The number of hydrogen-bond acceptors (Lipinski definition) is 2. The molecule has 0 aliphatic heterocycles. The first-order valence-electron chi connectivity index (χ1n) is 5.54. The molecule has 0 spiro atoms. The predicted molar refractivity (Wildman–Crippen MR) is 70.5 cm³/mol. The van der Waals surface area contributed by atoms with Crippen LogP contribution in [0.4, 0.5) is 0 Å². The molecule has 2 heteroatoms. The number of rotatable bonds is 7. The van der Waals surface area contributed by atoms with Gasteiger partial charge in [0.15, 0.2) is 0 Å². The van der Waals surface area contributed by atoms with Crippen LogP contribution in [0.5, 0.6) is 0 Å². The van der Waals surface area contributed by atoms with Crippen LogP contribution in [0.1, 0.15) is 33.1 Å². The Labute approximate surface area is 99.7 Å². The van der Waals surface area contributed by atoms with Crippen molar-refractivity contribution < 1.29 is 9.53 Å². The minimum Gasteiger partial charge on any atom is -0.381 e. The molecule has 0 aliphatic rings. The fraction of sp³-hybridized carbons (Fsp3) is 0.500. The molecule has 0 amide bonds. The van der Waals surface area contributed by atoms with Crippen molar-refractivity contribution in [1.82, 2.24) is 0 Å². The van der Waals surface area contributed by atoms with Crippen LogP contribution in [-0.4, -0.2) is 19.5 Å². The van der Waals surface area contributed by atoms with E-state index in [1.807, 2.05) is 13.0 Å². The molecule has 0 saturated heterocycles. The van der Waals surface area contributed by atoms with Crippen molar-refractivity contribution >= 4 is 6.29 Å². The lowest BCUT2D eigenvalue weighted by molar-refractivity contribution is -0.108. The Morgan fingerprint density at radius 3 is 2.31 bits per heavy atom. The molecule has 0 aromatic rings. The van der Waals surface area contributed by atoms with E-state index in [1.54, 1.807) is 19.3 Å². The van der Waals surface area contributed by atoms with Crippen LogP contribution in [0.25, 0.3) is 0 Å². The SMILES string of the molecule is C=C/C=C(/C)C=C.CCC(CCC=O)OC. The molecule has 0 rings (SSSR count). The summed E-state index contributed by atoms with van der Waals surface area (Å²) in [6, 6.07) is 0. The third-order valence-corrected chi connectivity index (χ3v) is 2.10. The number of aldehydes is 1. The molecule has 92 valence electrons. The lowest BCUT2D eigenvalue weighted by Crippen LogP contribution is -2.08. The first-order chi connectivity index (χ1) is 7.65. The molecule has 2 nitrogen and oxygen atoms in total. The molecule has 1 atom stereocenters. The molecule has 0 heterocycles. The molecule has 1 unspecified atom stereocenters. The Bertz CT molecular complexity index is 213. The highest BCUT2D eigenvalue weighted by atomic mass is 16.5. The summed E-state index contributed by atoms with van der Waals surface area (Å²) in [5.41, 5.74) is 1.15. The second-order valence-electron chi connectivity index (χ2n) is 3.36. The van der Waals surface area contributed by atoms with E-state index in [0.29, 0.717) is 6.42 Å². The van der Waals surface area contributed by atoms with Gasteiger partial charge in [-0.2, -0.15) is 0 Å². The number of allylic oxidation sites excluding steroid dienone is 4. The van der Waals surface area contributed by atoms with Crippen LogP contribution in [0.15, 0.2) is 37.0 Å². The van der Waals surface area contributed by atoms with E-state index in [9.17, 15) is 4.79 Å². The van der Waals surface area contributed by atoms with Gasteiger partial charge in [0, 0.05) is 13.5 Å². The molecule has 0 fully saturated rings. The summed E-state index contributed by atoms with van der Waals surface area (Å²) in [6.07, 6.45) is 9.12. The number of methoxy groups -OCH3 is 1. The normalized spacial score (nSPS) is 12.1. The van der Waals surface area contributed by atoms with E-state index in [-0.39, 0.29) is 6.10 Å².